The van der Waals surface area contributed by atoms with Crippen LogP contribution in [0.3, 0.4) is 0 Å². The fourth-order valence-electron chi connectivity index (χ4n) is 3.97. The van der Waals surface area contributed by atoms with Gasteiger partial charge in [0.1, 0.15) is 25.2 Å². The second-order valence-electron chi connectivity index (χ2n) is 7.65. The van der Waals surface area contributed by atoms with Gasteiger partial charge in [-0.3, -0.25) is 19.2 Å². The maximum absolute atomic E-state index is 13.2. The van der Waals surface area contributed by atoms with Crippen molar-refractivity contribution in [2.24, 2.45) is 0 Å². The Bertz CT molecular complexity index is 1370. The molecule has 3 aromatic rings. The topological polar surface area (TPSA) is 125 Å². The number of pyridine rings is 2. The zero-order valence-electron chi connectivity index (χ0n) is 17.7. The first kappa shape index (κ1) is 22.1. The molecule has 1 unspecified atom stereocenters. The van der Waals surface area contributed by atoms with Crippen LogP contribution in [0.1, 0.15) is 40.1 Å². The lowest BCUT2D eigenvalue weighted by Crippen LogP contribution is -2.26. The van der Waals surface area contributed by atoms with E-state index in [2.05, 4.69) is 11.6 Å². The van der Waals surface area contributed by atoms with Crippen molar-refractivity contribution in [2.45, 2.75) is 26.2 Å². The highest BCUT2D eigenvalue weighted by Gasteiger charge is 2.29. The molecule has 0 aliphatic carbocycles. The van der Waals surface area contributed by atoms with Crippen molar-refractivity contribution in [2.75, 3.05) is 6.61 Å². The number of aromatic nitrogens is 2. The Hall–Kier alpha value is -4.11. The molecule has 1 atom stereocenters. The zero-order chi connectivity index (χ0) is 23.7. The maximum Gasteiger partial charge on any atom is 0.293 e. The summed E-state index contributed by atoms with van der Waals surface area (Å²) in [5.74, 6) is 0.438. The molecule has 1 aliphatic rings. The number of hydrogen-bond donors (Lipinski definition) is 1. The molecule has 0 bridgehead atoms. The van der Waals surface area contributed by atoms with Crippen LogP contribution >= 0.6 is 0 Å². The molecule has 0 saturated heterocycles. The van der Waals surface area contributed by atoms with Crippen LogP contribution in [-0.2, 0) is 27.5 Å². The SMILES string of the molecule is C=C(C=O)COc1ccc2nc3c(c(C=O)c2c1)Cn1c-3cc(C(C)O)c(COC=O)c1=O. The molecule has 1 N–H and O–H groups in total. The molecular weight excluding hydrogens is 428 g/mol. The normalized spacial score (nSPS) is 12.5. The van der Waals surface area contributed by atoms with Crippen LogP contribution in [0, 0.1) is 0 Å². The molecule has 168 valence electrons. The minimum Gasteiger partial charge on any atom is -0.489 e. The third kappa shape index (κ3) is 3.83. The van der Waals surface area contributed by atoms with E-state index in [1.165, 1.54) is 11.5 Å². The second-order valence-corrected chi connectivity index (χ2v) is 7.65. The van der Waals surface area contributed by atoms with E-state index in [1.807, 2.05) is 0 Å². The standard InChI is InChI=1S/C24H20N2O7/c1-13(8-27)10-33-15-3-4-21-17(5-15)19(9-28)18-7-26-22(23(18)25-21)6-16(14(2)30)20(24(26)31)11-32-12-29/h3-6,8-9,12,14,30H,1,7,10-11H2,2H3. The smallest absolute Gasteiger partial charge is 0.293 e. The second kappa shape index (κ2) is 8.79. The lowest BCUT2D eigenvalue weighted by Gasteiger charge is -2.14. The van der Waals surface area contributed by atoms with E-state index in [9.17, 15) is 24.3 Å². The van der Waals surface area contributed by atoms with Gasteiger partial charge in [0.05, 0.1) is 35.1 Å². The lowest BCUT2D eigenvalue weighted by molar-refractivity contribution is -0.129. The van der Waals surface area contributed by atoms with Crippen molar-refractivity contribution in [3.63, 3.8) is 0 Å². The Morgan fingerprint density at radius 3 is 2.76 bits per heavy atom. The first-order valence-corrected chi connectivity index (χ1v) is 10.1. The molecule has 0 fully saturated rings. The van der Waals surface area contributed by atoms with Crippen molar-refractivity contribution in [3.8, 4) is 17.1 Å². The molecule has 9 heteroatoms. The molecule has 2 aromatic heterocycles. The monoisotopic (exact) mass is 448 g/mol. The van der Waals surface area contributed by atoms with Crippen LogP contribution in [0.25, 0.3) is 22.3 Å². The van der Waals surface area contributed by atoms with Crippen LogP contribution in [0.5, 0.6) is 5.75 Å². The quantitative estimate of drug-likeness (QED) is 0.305. The van der Waals surface area contributed by atoms with Crippen molar-refractivity contribution in [3.05, 3.63) is 69.0 Å². The van der Waals surface area contributed by atoms with E-state index < -0.39 is 11.7 Å². The number of carbonyl (C=O) groups excluding carboxylic acids is 3. The Labute approximate surface area is 187 Å². The van der Waals surface area contributed by atoms with Crippen molar-refractivity contribution >= 4 is 29.9 Å². The number of nitrogens with zero attached hydrogens (tertiary/aromatic N) is 2. The molecule has 4 rings (SSSR count). The first-order valence-electron chi connectivity index (χ1n) is 10.1. The summed E-state index contributed by atoms with van der Waals surface area (Å²) in [6, 6.07) is 6.64. The molecule has 1 aliphatic heterocycles. The average Bonchev–Trinajstić information content (AvgIpc) is 3.18. The van der Waals surface area contributed by atoms with E-state index in [0.29, 0.717) is 57.3 Å². The summed E-state index contributed by atoms with van der Waals surface area (Å²) in [4.78, 5) is 51.4. The van der Waals surface area contributed by atoms with E-state index in [-0.39, 0.29) is 37.4 Å². The molecule has 0 amide bonds. The van der Waals surface area contributed by atoms with Crippen LogP contribution in [0.15, 0.2) is 41.2 Å². The third-order valence-corrected chi connectivity index (χ3v) is 5.55. The molecule has 0 spiro atoms. The van der Waals surface area contributed by atoms with Crippen LogP contribution in [0.4, 0.5) is 0 Å². The Morgan fingerprint density at radius 2 is 2.09 bits per heavy atom. The van der Waals surface area contributed by atoms with E-state index in [4.69, 9.17) is 9.47 Å². The van der Waals surface area contributed by atoms with Gasteiger partial charge in [-0.2, -0.15) is 0 Å². The predicted octanol–water partition coefficient (Wildman–Crippen LogP) is 2.10. The van der Waals surface area contributed by atoms with Crippen molar-refractivity contribution in [1.29, 1.82) is 0 Å². The summed E-state index contributed by atoms with van der Waals surface area (Å²) in [6.45, 7) is 5.15. The van der Waals surface area contributed by atoms with Gasteiger partial charge < -0.3 is 19.1 Å². The van der Waals surface area contributed by atoms with Gasteiger partial charge in [0.15, 0.2) is 6.29 Å². The number of aldehydes is 2. The number of aliphatic hydroxyl groups is 1. The molecule has 0 saturated carbocycles. The predicted molar refractivity (Wildman–Crippen MR) is 118 cm³/mol. The Kier molecular flexibility index (Phi) is 5.89. The summed E-state index contributed by atoms with van der Waals surface area (Å²) < 4.78 is 11.8. The minimum atomic E-state index is -0.982. The number of carbonyl (C=O) groups is 3. The van der Waals surface area contributed by atoms with E-state index >= 15 is 0 Å². The van der Waals surface area contributed by atoms with Gasteiger partial charge in [-0.1, -0.05) is 6.58 Å². The number of benzene rings is 1. The van der Waals surface area contributed by atoms with E-state index in [1.54, 1.807) is 24.3 Å². The van der Waals surface area contributed by atoms with Crippen LogP contribution in [-0.4, -0.2) is 40.3 Å². The summed E-state index contributed by atoms with van der Waals surface area (Å²) in [5.41, 5.74) is 2.72. The van der Waals surface area contributed by atoms with Crippen LogP contribution in [0.2, 0.25) is 0 Å². The Balaban J connectivity index is 1.87. The molecule has 0 radical (unpaired) electrons. The van der Waals surface area contributed by atoms with Crippen molar-refractivity contribution in [1.82, 2.24) is 9.55 Å². The summed E-state index contributed by atoms with van der Waals surface area (Å²) in [7, 11) is 0. The number of ether oxygens (including phenoxy) is 2. The molecular formula is C24H20N2O7. The van der Waals surface area contributed by atoms with Gasteiger partial charge in [0.2, 0.25) is 0 Å². The number of fused-ring (bicyclic) bond motifs is 4. The van der Waals surface area contributed by atoms with Gasteiger partial charge in [0.25, 0.3) is 12.0 Å². The van der Waals surface area contributed by atoms with Gasteiger partial charge in [-0.15, -0.1) is 0 Å². The highest BCUT2D eigenvalue weighted by atomic mass is 16.5. The summed E-state index contributed by atoms with van der Waals surface area (Å²) in [6.07, 6.45) is 0.335. The minimum absolute atomic E-state index is 0.0123. The van der Waals surface area contributed by atoms with Gasteiger partial charge in [-0.25, -0.2) is 4.98 Å². The number of hydrogen-bond acceptors (Lipinski definition) is 8. The Morgan fingerprint density at radius 1 is 1.30 bits per heavy atom. The largest absolute Gasteiger partial charge is 0.489 e. The first-order chi connectivity index (χ1) is 15.9. The van der Waals surface area contributed by atoms with Gasteiger partial charge in [0, 0.05) is 22.1 Å². The lowest BCUT2D eigenvalue weighted by atomic mass is 10.00. The fourth-order valence-corrected chi connectivity index (χ4v) is 3.97. The van der Waals surface area contributed by atoms with Crippen molar-refractivity contribution < 1.29 is 29.0 Å². The number of aliphatic hydroxyl groups excluding tert-OH is 1. The highest BCUT2D eigenvalue weighted by Crippen LogP contribution is 2.37. The molecule has 33 heavy (non-hydrogen) atoms. The summed E-state index contributed by atoms with van der Waals surface area (Å²) >= 11 is 0. The average molecular weight is 448 g/mol. The molecule has 9 nitrogen and oxygen atoms in total. The molecule has 1 aromatic carbocycles. The zero-order valence-corrected chi connectivity index (χ0v) is 17.7. The van der Waals surface area contributed by atoms with Crippen LogP contribution < -0.4 is 10.3 Å². The fraction of sp³-hybridized carbons (Fsp3) is 0.208. The summed E-state index contributed by atoms with van der Waals surface area (Å²) in [5, 5.41) is 10.7. The maximum atomic E-state index is 13.2. The van der Waals surface area contributed by atoms with Gasteiger partial charge in [-0.05, 0) is 36.8 Å². The van der Waals surface area contributed by atoms with E-state index in [0.717, 1.165) is 0 Å². The number of rotatable bonds is 9. The molecule has 3 heterocycles. The third-order valence-electron chi connectivity index (χ3n) is 5.55. The van der Waals surface area contributed by atoms with Gasteiger partial charge >= 0.3 is 0 Å². The highest BCUT2D eigenvalue weighted by molar-refractivity contribution is 6.01.